The lowest BCUT2D eigenvalue weighted by atomic mass is 10.1. The van der Waals surface area contributed by atoms with E-state index < -0.39 is 0 Å². The summed E-state index contributed by atoms with van der Waals surface area (Å²) in [4.78, 5) is 11.6. The SMILES string of the molecule is Cc1ccc(C(=O)NCC(C)(C)N)cc1.Cl. The Morgan fingerprint density at radius 2 is 1.81 bits per heavy atom. The molecule has 0 bridgehead atoms. The van der Waals surface area contributed by atoms with E-state index in [4.69, 9.17) is 5.73 Å². The van der Waals surface area contributed by atoms with E-state index >= 15 is 0 Å². The summed E-state index contributed by atoms with van der Waals surface area (Å²) >= 11 is 0. The summed E-state index contributed by atoms with van der Waals surface area (Å²) in [6.45, 7) is 6.22. The second-order valence-corrected chi connectivity index (χ2v) is 4.54. The van der Waals surface area contributed by atoms with Crippen LogP contribution in [0.1, 0.15) is 29.8 Å². The number of aryl methyl sites for hydroxylation is 1. The minimum atomic E-state index is -0.375. The Morgan fingerprint density at radius 3 is 2.25 bits per heavy atom. The van der Waals surface area contributed by atoms with E-state index in [1.807, 2.05) is 45.0 Å². The third-order valence-corrected chi connectivity index (χ3v) is 2.02. The fraction of sp³-hybridized carbons (Fsp3) is 0.417. The van der Waals surface area contributed by atoms with Gasteiger partial charge < -0.3 is 11.1 Å². The van der Waals surface area contributed by atoms with E-state index in [2.05, 4.69) is 5.32 Å². The molecule has 0 saturated carbocycles. The van der Waals surface area contributed by atoms with E-state index in [1.165, 1.54) is 0 Å². The van der Waals surface area contributed by atoms with Crippen LogP contribution < -0.4 is 11.1 Å². The Bertz CT molecular complexity index is 341. The number of carbonyl (C=O) groups is 1. The summed E-state index contributed by atoms with van der Waals surface area (Å²) in [6, 6.07) is 7.47. The van der Waals surface area contributed by atoms with E-state index in [9.17, 15) is 4.79 Å². The maximum atomic E-state index is 11.6. The number of nitrogens with one attached hydrogen (secondary N) is 1. The van der Waals surface area contributed by atoms with Gasteiger partial charge in [0.15, 0.2) is 0 Å². The number of benzene rings is 1. The van der Waals surface area contributed by atoms with Gasteiger partial charge in [-0.15, -0.1) is 12.4 Å². The fourth-order valence-electron chi connectivity index (χ4n) is 1.12. The maximum absolute atomic E-state index is 11.6. The van der Waals surface area contributed by atoms with Crippen LogP contribution in [-0.2, 0) is 0 Å². The number of carbonyl (C=O) groups excluding carboxylic acids is 1. The summed E-state index contributed by atoms with van der Waals surface area (Å²) in [7, 11) is 0. The molecule has 0 spiro atoms. The van der Waals surface area contributed by atoms with Gasteiger partial charge in [-0.2, -0.15) is 0 Å². The molecule has 0 aliphatic heterocycles. The van der Waals surface area contributed by atoms with Crippen LogP contribution in [0.3, 0.4) is 0 Å². The highest BCUT2D eigenvalue weighted by molar-refractivity contribution is 5.94. The molecular formula is C12H19ClN2O. The first-order valence-corrected chi connectivity index (χ1v) is 5.02. The van der Waals surface area contributed by atoms with Crippen molar-refractivity contribution in [1.82, 2.24) is 5.32 Å². The summed E-state index contributed by atoms with van der Waals surface area (Å²) < 4.78 is 0. The van der Waals surface area contributed by atoms with Crippen molar-refractivity contribution in [2.75, 3.05) is 6.54 Å². The van der Waals surface area contributed by atoms with Gasteiger partial charge in [0, 0.05) is 17.6 Å². The molecule has 0 fully saturated rings. The number of halogens is 1. The molecule has 0 heterocycles. The highest BCUT2D eigenvalue weighted by Gasteiger charge is 2.12. The summed E-state index contributed by atoms with van der Waals surface area (Å²) in [5, 5.41) is 2.79. The van der Waals surface area contributed by atoms with Crippen LogP contribution in [0.2, 0.25) is 0 Å². The van der Waals surface area contributed by atoms with Crippen LogP contribution in [0.25, 0.3) is 0 Å². The van der Waals surface area contributed by atoms with Crippen LogP contribution in [0.4, 0.5) is 0 Å². The van der Waals surface area contributed by atoms with Gasteiger partial charge in [-0.05, 0) is 32.9 Å². The molecule has 1 aromatic rings. The average Bonchev–Trinajstić information content (AvgIpc) is 2.14. The zero-order valence-electron chi connectivity index (χ0n) is 9.91. The molecule has 0 saturated heterocycles. The Labute approximate surface area is 103 Å². The minimum absolute atomic E-state index is 0. The first-order chi connectivity index (χ1) is 6.88. The van der Waals surface area contributed by atoms with Gasteiger partial charge in [0.2, 0.25) is 0 Å². The van der Waals surface area contributed by atoms with Crippen molar-refractivity contribution in [3.63, 3.8) is 0 Å². The maximum Gasteiger partial charge on any atom is 0.251 e. The number of amides is 1. The molecule has 1 aromatic carbocycles. The minimum Gasteiger partial charge on any atom is -0.350 e. The van der Waals surface area contributed by atoms with Crippen molar-refractivity contribution in [3.05, 3.63) is 35.4 Å². The molecule has 0 aliphatic rings. The van der Waals surface area contributed by atoms with E-state index in [0.29, 0.717) is 12.1 Å². The molecule has 1 amide bonds. The second kappa shape index (κ2) is 5.87. The summed E-state index contributed by atoms with van der Waals surface area (Å²) in [6.07, 6.45) is 0. The highest BCUT2D eigenvalue weighted by Crippen LogP contribution is 2.03. The molecule has 16 heavy (non-hydrogen) atoms. The summed E-state index contributed by atoms with van der Waals surface area (Å²) in [5.41, 5.74) is 7.21. The van der Waals surface area contributed by atoms with E-state index in [-0.39, 0.29) is 23.9 Å². The second-order valence-electron chi connectivity index (χ2n) is 4.54. The highest BCUT2D eigenvalue weighted by atomic mass is 35.5. The van der Waals surface area contributed by atoms with Crippen LogP contribution >= 0.6 is 12.4 Å². The Kier molecular flexibility index (Phi) is 5.48. The quantitative estimate of drug-likeness (QED) is 0.851. The Morgan fingerprint density at radius 1 is 1.31 bits per heavy atom. The topological polar surface area (TPSA) is 55.1 Å². The van der Waals surface area contributed by atoms with Crippen molar-refractivity contribution >= 4 is 18.3 Å². The smallest absolute Gasteiger partial charge is 0.251 e. The van der Waals surface area contributed by atoms with E-state index in [1.54, 1.807) is 0 Å². The third kappa shape index (κ3) is 5.14. The van der Waals surface area contributed by atoms with Gasteiger partial charge in [0.1, 0.15) is 0 Å². The third-order valence-electron chi connectivity index (χ3n) is 2.02. The number of hydrogen-bond donors (Lipinski definition) is 2. The van der Waals surface area contributed by atoms with Gasteiger partial charge in [-0.3, -0.25) is 4.79 Å². The largest absolute Gasteiger partial charge is 0.350 e. The molecule has 90 valence electrons. The number of hydrogen-bond acceptors (Lipinski definition) is 2. The number of rotatable bonds is 3. The normalized spacial score (nSPS) is 10.5. The van der Waals surface area contributed by atoms with Crippen LogP contribution in [-0.4, -0.2) is 18.0 Å². The first kappa shape index (κ1) is 14.9. The fourth-order valence-corrected chi connectivity index (χ4v) is 1.12. The molecule has 3 nitrogen and oxygen atoms in total. The van der Waals surface area contributed by atoms with Gasteiger partial charge in [-0.25, -0.2) is 0 Å². The van der Waals surface area contributed by atoms with E-state index in [0.717, 1.165) is 5.56 Å². The predicted octanol–water partition coefficient (Wildman–Crippen LogP) is 1.88. The van der Waals surface area contributed by atoms with Crippen LogP contribution in [0.5, 0.6) is 0 Å². The van der Waals surface area contributed by atoms with Gasteiger partial charge in [-0.1, -0.05) is 17.7 Å². The molecule has 0 unspecified atom stereocenters. The Hall–Kier alpha value is -1.06. The predicted molar refractivity (Wildman–Crippen MR) is 69.0 cm³/mol. The lowest BCUT2D eigenvalue weighted by Gasteiger charge is -2.18. The molecule has 4 heteroatoms. The molecular weight excluding hydrogens is 224 g/mol. The standard InChI is InChI=1S/C12H18N2O.ClH/c1-9-4-6-10(7-5-9)11(15)14-8-12(2,3)13;/h4-7H,8,13H2,1-3H3,(H,14,15);1H. The van der Waals surface area contributed by atoms with Crippen molar-refractivity contribution in [2.45, 2.75) is 26.3 Å². The lowest BCUT2D eigenvalue weighted by molar-refractivity contribution is 0.0946. The zero-order valence-corrected chi connectivity index (χ0v) is 10.7. The average molecular weight is 243 g/mol. The van der Waals surface area contributed by atoms with Crippen LogP contribution in [0, 0.1) is 6.92 Å². The molecule has 0 atom stereocenters. The molecule has 1 rings (SSSR count). The molecule has 0 radical (unpaired) electrons. The van der Waals surface area contributed by atoms with Crippen molar-refractivity contribution in [2.24, 2.45) is 5.73 Å². The van der Waals surface area contributed by atoms with Crippen molar-refractivity contribution in [1.29, 1.82) is 0 Å². The molecule has 0 aliphatic carbocycles. The van der Waals surface area contributed by atoms with Crippen molar-refractivity contribution < 1.29 is 4.79 Å². The van der Waals surface area contributed by atoms with Gasteiger partial charge in [0.05, 0.1) is 0 Å². The Balaban J connectivity index is 0.00000225. The van der Waals surface area contributed by atoms with Crippen LogP contribution in [0.15, 0.2) is 24.3 Å². The number of nitrogens with two attached hydrogens (primary N) is 1. The molecule has 3 N–H and O–H groups in total. The lowest BCUT2D eigenvalue weighted by Crippen LogP contribution is -2.45. The molecule has 0 aromatic heterocycles. The summed E-state index contributed by atoms with van der Waals surface area (Å²) in [5.74, 6) is -0.0754. The van der Waals surface area contributed by atoms with Gasteiger partial charge >= 0.3 is 0 Å². The first-order valence-electron chi connectivity index (χ1n) is 5.02. The van der Waals surface area contributed by atoms with Gasteiger partial charge in [0.25, 0.3) is 5.91 Å². The zero-order chi connectivity index (χ0) is 11.5. The monoisotopic (exact) mass is 242 g/mol. The van der Waals surface area contributed by atoms with Crippen molar-refractivity contribution in [3.8, 4) is 0 Å².